The molecule has 0 spiro atoms. The normalized spacial score (nSPS) is 11.5. The number of amides is 1. The lowest BCUT2D eigenvalue weighted by Gasteiger charge is -2.14. The van der Waals surface area contributed by atoms with Gasteiger partial charge in [0.05, 0.1) is 19.2 Å². The van der Waals surface area contributed by atoms with Crippen LogP contribution in [0.15, 0.2) is 23.3 Å². The number of rotatable bonds is 6. The van der Waals surface area contributed by atoms with Crippen molar-refractivity contribution < 1.29 is 9.90 Å². The lowest BCUT2D eigenvalue weighted by Crippen LogP contribution is -2.36. The minimum Gasteiger partial charge on any atom is -0.394 e. The van der Waals surface area contributed by atoms with E-state index in [1.807, 2.05) is 13.8 Å². The predicted molar refractivity (Wildman–Crippen MR) is 72.7 cm³/mol. The fraction of sp³-hybridized carbons (Fsp3) is 0.462. The lowest BCUT2D eigenvalue weighted by atomic mass is 10.0. The molecule has 0 radical (unpaired) electrons. The van der Waals surface area contributed by atoms with Crippen LogP contribution in [0.2, 0.25) is 0 Å². The first-order chi connectivity index (χ1) is 9.12. The molecule has 0 bridgehead atoms. The summed E-state index contributed by atoms with van der Waals surface area (Å²) in [5.74, 6) is -0.209. The summed E-state index contributed by atoms with van der Waals surface area (Å²) in [7, 11) is 0. The van der Waals surface area contributed by atoms with Gasteiger partial charge in [0.1, 0.15) is 0 Å². The Kier molecular flexibility index (Phi) is 5.85. The lowest BCUT2D eigenvalue weighted by molar-refractivity contribution is 0.0915. The maximum atomic E-state index is 11.9. The van der Waals surface area contributed by atoms with Gasteiger partial charge in [-0.2, -0.15) is 0 Å². The number of azide groups is 1. The van der Waals surface area contributed by atoms with Crippen molar-refractivity contribution in [3.05, 3.63) is 45.3 Å². The van der Waals surface area contributed by atoms with Gasteiger partial charge in [0, 0.05) is 10.5 Å². The molecule has 0 aliphatic heterocycles. The number of benzene rings is 1. The topological polar surface area (TPSA) is 98.1 Å². The molecule has 1 amide bonds. The number of hydrogen-bond acceptors (Lipinski definition) is 3. The van der Waals surface area contributed by atoms with Crippen LogP contribution < -0.4 is 5.32 Å². The van der Waals surface area contributed by atoms with Crippen molar-refractivity contribution in [2.75, 3.05) is 6.61 Å². The molecule has 1 rings (SSSR count). The van der Waals surface area contributed by atoms with Gasteiger partial charge in [-0.15, -0.1) is 0 Å². The molecule has 0 aromatic heterocycles. The molecule has 1 atom stereocenters. The summed E-state index contributed by atoms with van der Waals surface area (Å²) in [6, 6.07) is 4.99. The number of aliphatic hydroxyl groups excluding tert-OH is 1. The number of aliphatic hydroxyl groups is 1. The van der Waals surface area contributed by atoms with Gasteiger partial charge < -0.3 is 10.4 Å². The second-order valence-electron chi connectivity index (χ2n) is 4.29. The van der Waals surface area contributed by atoms with E-state index in [0.717, 1.165) is 11.1 Å². The fourth-order valence-electron chi connectivity index (χ4n) is 1.67. The molecule has 0 saturated heterocycles. The minimum atomic E-state index is -0.226. The van der Waals surface area contributed by atoms with Crippen molar-refractivity contribution in [3.8, 4) is 0 Å². The second-order valence-corrected chi connectivity index (χ2v) is 4.29. The van der Waals surface area contributed by atoms with Gasteiger partial charge in [0.15, 0.2) is 0 Å². The molecular weight excluding hydrogens is 244 g/mol. The van der Waals surface area contributed by atoms with E-state index in [9.17, 15) is 4.79 Å². The van der Waals surface area contributed by atoms with E-state index in [2.05, 4.69) is 15.3 Å². The van der Waals surface area contributed by atoms with Gasteiger partial charge in [-0.25, -0.2) is 0 Å². The zero-order chi connectivity index (χ0) is 14.3. The first-order valence-electron chi connectivity index (χ1n) is 6.14. The molecule has 0 unspecified atom stereocenters. The first-order valence-corrected chi connectivity index (χ1v) is 6.14. The molecule has 1 aromatic rings. The van der Waals surface area contributed by atoms with Crippen molar-refractivity contribution in [2.45, 2.75) is 32.9 Å². The molecule has 6 nitrogen and oxygen atoms in total. The Labute approximate surface area is 112 Å². The van der Waals surface area contributed by atoms with Gasteiger partial charge in [-0.05, 0) is 42.1 Å². The summed E-state index contributed by atoms with van der Waals surface area (Å²) in [4.78, 5) is 14.7. The molecule has 2 N–H and O–H groups in total. The van der Waals surface area contributed by atoms with Gasteiger partial charge in [0.25, 0.3) is 5.91 Å². The van der Waals surface area contributed by atoms with Crippen LogP contribution >= 0.6 is 0 Å². The molecule has 19 heavy (non-hydrogen) atoms. The maximum absolute atomic E-state index is 11.9. The second kappa shape index (κ2) is 7.41. The van der Waals surface area contributed by atoms with Gasteiger partial charge in [0.2, 0.25) is 0 Å². The number of carbonyl (C=O) groups is 1. The monoisotopic (exact) mass is 262 g/mol. The van der Waals surface area contributed by atoms with E-state index in [1.54, 1.807) is 18.2 Å². The quantitative estimate of drug-likeness (QED) is 0.467. The molecule has 0 fully saturated rings. The fourth-order valence-corrected chi connectivity index (χ4v) is 1.67. The van der Waals surface area contributed by atoms with Crippen LogP contribution in [0.4, 0.5) is 0 Å². The van der Waals surface area contributed by atoms with Crippen LogP contribution in [0.3, 0.4) is 0 Å². The number of nitrogens with one attached hydrogen (secondary N) is 1. The molecule has 6 heteroatoms. The van der Waals surface area contributed by atoms with Gasteiger partial charge in [-0.3, -0.25) is 4.79 Å². The van der Waals surface area contributed by atoms with E-state index in [-0.39, 0.29) is 25.1 Å². The molecule has 0 saturated carbocycles. The third-order valence-electron chi connectivity index (χ3n) is 2.96. The van der Waals surface area contributed by atoms with Crippen molar-refractivity contribution in [2.24, 2.45) is 5.11 Å². The SMILES string of the molecule is CC[C@@H](CO)NC(=O)c1ccc(CN=[N+]=[N-])c(C)c1. The summed E-state index contributed by atoms with van der Waals surface area (Å²) >= 11 is 0. The van der Waals surface area contributed by atoms with Gasteiger partial charge in [-0.1, -0.05) is 18.1 Å². The highest BCUT2D eigenvalue weighted by Crippen LogP contribution is 2.12. The minimum absolute atomic E-state index is 0.0732. The Morgan fingerprint density at radius 3 is 2.84 bits per heavy atom. The van der Waals surface area contributed by atoms with Crippen molar-refractivity contribution in [1.82, 2.24) is 5.32 Å². The summed E-state index contributed by atoms with van der Waals surface area (Å²) < 4.78 is 0. The Morgan fingerprint density at radius 1 is 1.58 bits per heavy atom. The highest BCUT2D eigenvalue weighted by Gasteiger charge is 2.12. The Bertz CT molecular complexity index is 491. The Hall–Kier alpha value is -2.04. The number of aryl methyl sites for hydroxylation is 1. The van der Waals surface area contributed by atoms with Crippen LogP contribution in [-0.4, -0.2) is 23.7 Å². The van der Waals surface area contributed by atoms with E-state index >= 15 is 0 Å². The summed E-state index contributed by atoms with van der Waals surface area (Å²) in [6.07, 6.45) is 0.677. The average molecular weight is 262 g/mol. The first kappa shape index (κ1) is 15.0. The third-order valence-corrected chi connectivity index (χ3v) is 2.96. The van der Waals surface area contributed by atoms with E-state index in [4.69, 9.17) is 10.6 Å². The molecule has 0 aliphatic rings. The summed E-state index contributed by atoms with van der Waals surface area (Å²) in [6.45, 7) is 3.96. The highest BCUT2D eigenvalue weighted by atomic mass is 16.3. The van der Waals surface area contributed by atoms with Crippen molar-refractivity contribution >= 4 is 5.91 Å². The number of nitrogens with zero attached hydrogens (tertiary/aromatic N) is 3. The van der Waals surface area contributed by atoms with Crippen LogP contribution in [0.25, 0.3) is 10.4 Å². The molecule has 0 aliphatic carbocycles. The van der Waals surface area contributed by atoms with E-state index in [1.165, 1.54) is 0 Å². The van der Waals surface area contributed by atoms with E-state index in [0.29, 0.717) is 12.0 Å². The predicted octanol–water partition coefficient (Wildman–Crippen LogP) is 2.31. The Balaban J connectivity index is 2.82. The van der Waals surface area contributed by atoms with Crippen molar-refractivity contribution in [3.63, 3.8) is 0 Å². The number of carbonyl (C=O) groups excluding carboxylic acids is 1. The maximum Gasteiger partial charge on any atom is 0.251 e. The smallest absolute Gasteiger partial charge is 0.251 e. The van der Waals surface area contributed by atoms with Gasteiger partial charge >= 0.3 is 0 Å². The molecule has 1 aromatic carbocycles. The molecule has 102 valence electrons. The van der Waals surface area contributed by atoms with Crippen LogP contribution in [0, 0.1) is 6.92 Å². The summed E-state index contributed by atoms with van der Waals surface area (Å²) in [5, 5.41) is 15.3. The zero-order valence-electron chi connectivity index (χ0n) is 11.1. The van der Waals surface area contributed by atoms with Crippen LogP contribution in [0.5, 0.6) is 0 Å². The number of hydrogen-bond donors (Lipinski definition) is 2. The molecular formula is C13H18N4O2. The van der Waals surface area contributed by atoms with Crippen molar-refractivity contribution in [1.29, 1.82) is 0 Å². The Morgan fingerprint density at radius 2 is 2.32 bits per heavy atom. The standard InChI is InChI=1S/C13H18N4O2/c1-3-12(8-18)16-13(19)10-4-5-11(7-15-17-14)9(2)6-10/h4-6,12,18H,3,7-8H2,1-2H3,(H,16,19)/t12-/m0/s1. The van der Waals surface area contributed by atoms with Crippen LogP contribution in [0.1, 0.15) is 34.8 Å². The third kappa shape index (κ3) is 4.28. The van der Waals surface area contributed by atoms with E-state index < -0.39 is 0 Å². The zero-order valence-corrected chi connectivity index (χ0v) is 11.1. The molecule has 0 heterocycles. The summed E-state index contributed by atoms with van der Waals surface area (Å²) in [5.41, 5.74) is 10.6. The largest absolute Gasteiger partial charge is 0.394 e. The van der Waals surface area contributed by atoms with Crippen LogP contribution in [-0.2, 0) is 6.54 Å². The average Bonchev–Trinajstić information content (AvgIpc) is 2.43. The highest BCUT2D eigenvalue weighted by molar-refractivity contribution is 5.94.